The molecule has 6 heterocycles. The summed E-state index contributed by atoms with van der Waals surface area (Å²) in [4.78, 5) is 144. The lowest BCUT2D eigenvalue weighted by atomic mass is 9.71. The molecule has 14 rings (SSSR count). The van der Waals surface area contributed by atoms with Gasteiger partial charge in [0.25, 0.3) is 0 Å². The Hall–Kier alpha value is -6.36. The van der Waals surface area contributed by atoms with E-state index in [1.807, 2.05) is 111 Å². The van der Waals surface area contributed by atoms with Gasteiger partial charge in [-0.1, -0.05) is 109 Å². The highest BCUT2D eigenvalue weighted by Crippen LogP contribution is 2.59. The third kappa shape index (κ3) is 21.3. The van der Waals surface area contributed by atoms with E-state index in [2.05, 4.69) is 0 Å². The third-order valence-corrected chi connectivity index (χ3v) is 26.3. The van der Waals surface area contributed by atoms with Crippen LogP contribution < -0.4 is 0 Å². The van der Waals surface area contributed by atoms with Crippen molar-refractivity contribution in [3.8, 4) is 0 Å². The lowest BCUT2D eigenvalue weighted by molar-refractivity contribution is -0.204. The van der Waals surface area contributed by atoms with Gasteiger partial charge in [-0.3, -0.25) is 52.7 Å². The molecule has 6 saturated heterocycles. The van der Waals surface area contributed by atoms with Crippen LogP contribution in [0.1, 0.15) is 328 Å². The molecule has 0 radical (unpaired) electrons. The minimum Gasteiger partial charge on any atom is -0.465 e. The first-order chi connectivity index (χ1) is 47.2. The van der Waals surface area contributed by atoms with Crippen molar-refractivity contribution in [2.24, 2.45) is 92.2 Å². The standard InChI is InChI=1S/C18H26O6.C17H24O6.C15H24O4.C14H20O4.C14H22O4.10CH4/c1-6-17(2,3)15(20)24-18(4,5)16(21)23-12-9-7-10-11(8-9)14(19)22-13(10)12;1-4-17(2,3)16(20)21-6-5-12(18)22-13-9-7-10-11(8-9)15(19)23-14(10)13;1-6-13(2,3)12(17)19-14(4)8-7-10-9-15(14,5)18-11(10)16;1-4-14(2,3)13(16)18-11-8-5-7-6-9(8)12(15)17-10(7)11;1-5-13(2,3)12(16)17-10-7-6-9-8-14(10,4)18-11(9)15;;;;;;;;;;/h9-13H,6-8H2,1-5H3;9-11,13-14H,4-8H2,1-3H3;10H,6-9H2,1-5H3;7-11H,4-6H2,1-3H3;9-10H,5-8H2,1-4H3;10*1H4. The van der Waals surface area contributed by atoms with Crippen molar-refractivity contribution in [3.05, 3.63) is 0 Å². The van der Waals surface area contributed by atoms with Crippen molar-refractivity contribution < 1.29 is 114 Å². The molecule has 0 N–H and O–H groups in total. The first-order valence-electron chi connectivity index (χ1n) is 37.8. The number of hydrogen-bond donors (Lipinski definition) is 0. The van der Waals surface area contributed by atoms with Crippen molar-refractivity contribution in [2.45, 2.75) is 393 Å². The van der Waals surface area contributed by atoms with Crippen LogP contribution in [0.15, 0.2) is 0 Å². The Morgan fingerprint density at radius 3 is 1.28 bits per heavy atom. The molecule has 0 spiro atoms. The third-order valence-electron chi connectivity index (χ3n) is 26.3. The van der Waals surface area contributed by atoms with E-state index in [1.54, 1.807) is 13.8 Å². The second-order valence-electron chi connectivity index (χ2n) is 35.7. The van der Waals surface area contributed by atoms with Gasteiger partial charge in [0.2, 0.25) is 5.60 Å². The summed E-state index contributed by atoms with van der Waals surface area (Å²) >= 11 is 0. The number of hydrogen-bond acceptors (Lipinski definition) is 24. The Morgan fingerprint density at radius 2 is 0.795 bits per heavy atom. The smallest absolute Gasteiger partial charge is 0.350 e. The quantitative estimate of drug-likeness (QED) is 0.0807. The van der Waals surface area contributed by atoms with Gasteiger partial charge < -0.3 is 56.8 Å². The van der Waals surface area contributed by atoms with Crippen LogP contribution in [0.25, 0.3) is 0 Å². The van der Waals surface area contributed by atoms with Crippen LogP contribution in [0.4, 0.5) is 0 Å². The van der Waals surface area contributed by atoms with Crippen molar-refractivity contribution in [1.82, 2.24) is 0 Å². The molecule has 8 aliphatic carbocycles. The number of fused-ring (bicyclic) bond motifs is 7. The monoisotopic (exact) mass is 1600 g/mol. The Balaban J connectivity index is 0. The number of carbonyl (C=O) groups excluding carboxylic acids is 12. The summed E-state index contributed by atoms with van der Waals surface area (Å²) in [5.41, 5.74) is -5.99. The fourth-order valence-corrected chi connectivity index (χ4v) is 16.6. The number of ether oxygens (including phenoxy) is 12. The van der Waals surface area contributed by atoms with Gasteiger partial charge in [-0.15, -0.1) is 0 Å². The van der Waals surface area contributed by atoms with E-state index in [4.69, 9.17) is 56.8 Å². The molecule has 24 heteroatoms. The predicted molar refractivity (Wildman–Crippen MR) is 430 cm³/mol. The van der Waals surface area contributed by atoms with Crippen molar-refractivity contribution >= 4 is 71.6 Å². The van der Waals surface area contributed by atoms with Gasteiger partial charge in [-0.25, -0.2) is 4.79 Å². The summed E-state index contributed by atoms with van der Waals surface area (Å²) < 4.78 is 65.9. The fraction of sp³-hybridized carbons (Fsp3) is 0.864. The Bertz CT molecular complexity index is 3240. The number of esters is 12. The van der Waals surface area contributed by atoms with Crippen molar-refractivity contribution in [3.63, 3.8) is 0 Å². The lowest BCUT2D eigenvalue weighted by Crippen LogP contribution is -2.55. The average Bonchev–Trinajstić information content (AvgIpc) is 1.60. The van der Waals surface area contributed by atoms with E-state index < -0.39 is 73.5 Å². The topological polar surface area (TPSA) is 316 Å². The maximum Gasteiger partial charge on any atom is 0.350 e. The molecular weight excluding hydrogens is 1440 g/mol. The van der Waals surface area contributed by atoms with E-state index in [1.165, 1.54) is 13.8 Å². The summed E-state index contributed by atoms with van der Waals surface area (Å²) in [6.07, 6.45) is 10.9. The molecule has 12 bridgehead atoms. The molecule has 14 aliphatic rings. The Labute approximate surface area is 675 Å². The van der Waals surface area contributed by atoms with E-state index in [-0.39, 0.29) is 237 Å². The normalized spacial score (nSPS) is 33.1. The molecule has 112 heavy (non-hydrogen) atoms. The zero-order valence-corrected chi connectivity index (χ0v) is 64.1. The maximum absolute atomic E-state index is 12.6. The molecule has 24 nitrogen and oxygen atoms in total. The molecule has 0 aromatic carbocycles. The minimum absolute atomic E-state index is 0. The Morgan fingerprint density at radius 1 is 0.402 bits per heavy atom. The number of rotatable bonds is 20. The first-order valence-corrected chi connectivity index (χ1v) is 37.8. The van der Waals surface area contributed by atoms with Gasteiger partial charge >= 0.3 is 71.6 Å². The fourth-order valence-electron chi connectivity index (χ4n) is 16.6. The zero-order valence-electron chi connectivity index (χ0n) is 64.1. The molecular formula is C88H156O24. The summed E-state index contributed by atoms with van der Waals surface area (Å²) in [7, 11) is 0. The van der Waals surface area contributed by atoms with E-state index in [9.17, 15) is 57.5 Å². The second-order valence-corrected chi connectivity index (χ2v) is 35.7. The molecule has 21 atom stereocenters. The first kappa shape index (κ1) is 108. The molecule has 0 aromatic heterocycles. The highest BCUT2D eigenvalue weighted by molar-refractivity contribution is 5.86. The van der Waals surface area contributed by atoms with Crippen molar-refractivity contribution in [2.75, 3.05) is 6.61 Å². The molecule has 14 fully saturated rings. The SMILES string of the molecule is C.C.C.C.C.C.C.C.C.C.CCC(C)(C)C(=O)OC(C)(C)C(=O)OC1C2CC3C(=O)OC1C3C2.CCC(C)(C)C(=O)OC1(C)CCC2CC1(C)OC2=O.CCC(C)(C)C(=O)OC1C2CC3CC2C(=O)OC31.CCC(C)(C)C(=O)OC1CCC2CC1(C)OC2=O.CCC(C)(C)C(=O)OCCC(=O)OC1C2CC3C(=O)OC1C3C2. The minimum atomic E-state index is -1.37. The maximum atomic E-state index is 12.6. The molecule has 21 unspecified atom stereocenters. The van der Waals surface area contributed by atoms with Gasteiger partial charge in [-0.2, -0.15) is 0 Å². The van der Waals surface area contributed by atoms with Crippen LogP contribution in [-0.2, 0) is 114 Å². The van der Waals surface area contributed by atoms with Gasteiger partial charge in [0.05, 0.1) is 63.1 Å². The number of carbonyl (C=O) groups is 12. The summed E-state index contributed by atoms with van der Waals surface area (Å²) in [5.74, 6) is -1.59. The summed E-state index contributed by atoms with van der Waals surface area (Å²) in [6.45, 7) is 37.0. The lowest BCUT2D eigenvalue weighted by Gasteiger charge is -2.45. The largest absolute Gasteiger partial charge is 0.465 e. The van der Waals surface area contributed by atoms with Crippen LogP contribution in [0, 0.1) is 92.2 Å². The van der Waals surface area contributed by atoms with Crippen LogP contribution in [0.3, 0.4) is 0 Å². The highest BCUT2D eigenvalue weighted by Gasteiger charge is 2.67. The molecule has 0 aromatic rings. The van der Waals surface area contributed by atoms with Crippen LogP contribution in [0.2, 0.25) is 0 Å². The molecule has 8 saturated carbocycles. The van der Waals surface area contributed by atoms with Crippen LogP contribution in [-0.4, -0.2) is 143 Å². The van der Waals surface area contributed by atoms with Gasteiger partial charge in [-0.05, 0) is 200 Å². The average molecular weight is 1600 g/mol. The van der Waals surface area contributed by atoms with Crippen LogP contribution in [0.5, 0.6) is 0 Å². The molecule has 652 valence electrons. The molecule has 0 amide bonds. The highest BCUT2D eigenvalue weighted by atomic mass is 16.6. The summed E-state index contributed by atoms with van der Waals surface area (Å²) in [5, 5.41) is 0. The van der Waals surface area contributed by atoms with E-state index in [0.717, 1.165) is 77.0 Å². The van der Waals surface area contributed by atoms with E-state index in [0.29, 0.717) is 38.0 Å². The van der Waals surface area contributed by atoms with Gasteiger partial charge in [0, 0.05) is 48.3 Å². The summed E-state index contributed by atoms with van der Waals surface area (Å²) in [6, 6.07) is 0. The van der Waals surface area contributed by atoms with Crippen LogP contribution >= 0.6 is 0 Å². The zero-order chi connectivity index (χ0) is 75.7. The van der Waals surface area contributed by atoms with Gasteiger partial charge in [0.15, 0.2) is 0 Å². The van der Waals surface area contributed by atoms with E-state index >= 15 is 0 Å². The second kappa shape index (κ2) is 39.5. The Kier molecular flexibility index (Phi) is 38.0. The van der Waals surface area contributed by atoms with Gasteiger partial charge in [0.1, 0.15) is 66.1 Å². The van der Waals surface area contributed by atoms with Crippen molar-refractivity contribution in [1.29, 1.82) is 0 Å². The molecule has 6 aliphatic heterocycles. The predicted octanol–water partition coefficient (Wildman–Crippen LogP) is 17.7.